The fourth-order valence-corrected chi connectivity index (χ4v) is 3.46. The first-order valence-corrected chi connectivity index (χ1v) is 9.90. The zero-order valence-corrected chi connectivity index (χ0v) is 16.8. The van der Waals surface area contributed by atoms with E-state index in [0.29, 0.717) is 13.2 Å². The van der Waals surface area contributed by atoms with Crippen LogP contribution in [0.4, 0.5) is 0 Å². The topological polar surface area (TPSA) is 62.1 Å². The number of fused-ring (bicyclic) bond motifs is 2. The van der Waals surface area contributed by atoms with Crippen molar-refractivity contribution in [2.45, 2.75) is 33.3 Å². The number of nitrogens with zero attached hydrogens (tertiary/aromatic N) is 2. The van der Waals surface area contributed by atoms with Gasteiger partial charge in [-0.1, -0.05) is 44.2 Å². The van der Waals surface area contributed by atoms with Crippen molar-refractivity contribution < 1.29 is 14.6 Å². The zero-order valence-electron chi connectivity index (χ0n) is 16.8. The van der Waals surface area contributed by atoms with Crippen LogP contribution in [-0.4, -0.2) is 47.9 Å². The Bertz CT molecular complexity index is 872. The van der Waals surface area contributed by atoms with Crippen LogP contribution in [-0.2, 0) is 11.4 Å². The zero-order chi connectivity index (χ0) is 20.1. The van der Waals surface area contributed by atoms with Crippen LogP contribution in [0.5, 0.6) is 5.75 Å². The van der Waals surface area contributed by atoms with E-state index in [-0.39, 0.29) is 0 Å². The Morgan fingerprint density at radius 1 is 1.18 bits per heavy atom. The van der Waals surface area contributed by atoms with Crippen molar-refractivity contribution in [2.24, 2.45) is 4.99 Å². The summed E-state index contributed by atoms with van der Waals surface area (Å²) in [6.07, 6.45) is 0. The predicted octanol–water partition coefficient (Wildman–Crippen LogP) is 3.95. The summed E-state index contributed by atoms with van der Waals surface area (Å²) < 4.78 is 6.03. The second kappa shape index (κ2) is 9.02. The molecule has 0 radical (unpaired) electrons. The lowest BCUT2D eigenvalue weighted by Crippen LogP contribution is -2.26. The Hall–Kier alpha value is -2.66. The molecule has 1 unspecified atom stereocenters. The van der Waals surface area contributed by atoms with Crippen molar-refractivity contribution in [1.82, 2.24) is 4.90 Å². The molecule has 5 nitrogen and oxygen atoms in total. The summed E-state index contributed by atoms with van der Waals surface area (Å²) in [4.78, 5) is 18.8. The number of aliphatic imine (C=N–C) groups is 1. The minimum absolute atomic E-state index is 0.478. The van der Waals surface area contributed by atoms with Crippen LogP contribution in [0.1, 0.15) is 48.9 Å². The Morgan fingerprint density at radius 3 is 2.64 bits per heavy atom. The van der Waals surface area contributed by atoms with Gasteiger partial charge in [0.15, 0.2) is 0 Å². The van der Waals surface area contributed by atoms with Crippen LogP contribution < -0.4 is 4.74 Å². The standard InChI is InChI=1S/C23H28N2O3/c1-4-25(5-2)13-12-24-22-19-9-7-6-8-18(19)15-28-21-11-10-17(14-20(21)22)16(3)23(26)27/h6-11,14,16H,4-5,12-13,15H2,1-3H3,(H,26,27). The minimum atomic E-state index is -0.838. The molecule has 1 N–H and O–H groups in total. The van der Waals surface area contributed by atoms with Gasteiger partial charge in [-0.15, -0.1) is 0 Å². The highest BCUT2D eigenvalue weighted by Crippen LogP contribution is 2.32. The van der Waals surface area contributed by atoms with E-state index in [9.17, 15) is 9.90 Å². The molecule has 0 spiro atoms. The van der Waals surface area contributed by atoms with Gasteiger partial charge in [0.05, 0.1) is 18.2 Å². The van der Waals surface area contributed by atoms with Gasteiger partial charge in [-0.2, -0.15) is 0 Å². The minimum Gasteiger partial charge on any atom is -0.488 e. The number of rotatable bonds is 7. The van der Waals surface area contributed by atoms with Gasteiger partial charge >= 0.3 is 5.97 Å². The number of hydrogen-bond acceptors (Lipinski definition) is 4. The predicted molar refractivity (Wildman–Crippen MR) is 112 cm³/mol. The summed E-state index contributed by atoms with van der Waals surface area (Å²) in [5.41, 5.74) is 4.66. The number of aliphatic carboxylic acids is 1. The van der Waals surface area contributed by atoms with Gasteiger partial charge in [0.25, 0.3) is 0 Å². The molecule has 1 heterocycles. The summed E-state index contributed by atoms with van der Waals surface area (Å²) in [6, 6.07) is 13.8. The maximum atomic E-state index is 11.5. The highest BCUT2D eigenvalue weighted by atomic mass is 16.5. The summed E-state index contributed by atoms with van der Waals surface area (Å²) in [5, 5.41) is 9.41. The van der Waals surface area contributed by atoms with E-state index in [4.69, 9.17) is 9.73 Å². The maximum absolute atomic E-state index is 11.5. The average Bonchev–Trinajstić information content (AvgIpc) is 2.87. The molecule has 28 heavy (non-hydrogen) atoms. The molecule has 2 aromatic rings. The summed E-state index contributed by atoms with van der Waals surface area (Å²) >= 11 is 0. The van der Waals surface area contributed by atoms with Gasteiger partial charge in [0.1, 0.15) is 12.4 Å². The molecule has 3 rings (SSSR count). The number of benzene rings is 2. The number of carboxylic acid groups (broad SMARTS) is 1. The molecule has 0 saturated heterocycles. The summed E-state index contributed by atoms with van der Waals surface area (Å²) in [6.45, 7) is 10.1. The molecule has 1 aliphatic heterocycles. The van der Waals surface area contributed by atoms with Crippen molar-refractivity contribution in [3.05, 3.63) is 64.7 Å². The van der Waals surface area contributed by atoms with E-state index in [0.717, 1.165) is 53.3 Å². The average molecular weight is 380 g/mol. The lowest BCUT2D eigenvalue weighted by molar-refractivity contribution is -0.138. The van der Waals surface area contributed by atoms with E-state index < -0.39 is 11.9 Å². The van der Waals surface area contributed by atoms with Crippen molar-refractivity contribution in [3.63, 3.8) is 0 Å². The van der Waals surface area contributed by atoms with E-state index >= 15 is 0 Å². The van der Waals surface area contributed by atoms with Crippen molar-refractivity contribution in [2.75, 3.05) is 26.2 Å². The summed E-state index contributed by atoms with van der Waals surface area (Å²) in [7, 11) is 0. The third kappa shape index (κ3) is 4.25. The van der Waals surface area contributed by atoms with Gasteiger partial charge in [-0.3, -0.25) is 9.79 Å². The maximum Gasteiger partial charge on any atom is 0.310 e. The Kier molecular flexibility index (Phi) is 6.47. The molecular weight excluding hydrogens is 352 g/mol. The summed E-state index contributed by atoms with van der Waals surface area (Å²) in [5.74, 6) is -0.672. The number of carboxylic acids is 1. The van der Waals surface area contributed by atoms with Crippen molar-refractivity contribution in [3.8, 4) is 5.75 Å². The van der Waals surface area contributed by atoms with Crippen LogP contribution >= 0.6 is 0 Å². The van der Waals surface area contributed by atoms with Crippen LogP contribution in [0.3, 0.4) is 0 Å². The smallest absolute Gasteiger partial charge is 0.310 e. The molecule has 0 saturated carbocycles. The quantitative estimate of drug-likeness (QED) is 0.790. The SMILES string of the molecule is CCN(CC)CCN=C1c2ccccc2COc2ccc(C(C)C(=O)O)cc21. The second-order valence-electron chi connectivity index (χ2n) is 7.02. The first-order valence-electron chi connectivity index (χ1n) is 9.90. The number of hydrogen-bond donors (Lipinski definition) is 1. The van der Waals surface area contributed by atoms with Gasteiger partial charge in [-0.25, -0.2) is 0 Å². The molecule has 0 aromatic heterocycles. The van der Waals surface area contributed by atoms with Crippen molar-refractivity contribution in [1.29, 1.82) is 0 Å². The molecule has 5 heteroatoms. The Morgan fingerprint density at radius 2 is 1.93 bits per heavy atom. The van der Waals surface area contributed by atoms with E-state index in [1.165, 1.54) is 0 Å². The molecular formula is C23H28N2O3. The number of likely N-dealkylation sites (N-methyl/N-ethyl adjacent to an activating group) is 1. The third-order valence-corrected chi connectivity index (χ3v) is 5.37. The molecule has 0 fully saturated rings. The molecule has 0 bridgehead atoms. The third-order valence-electron chi connectivity index (χ3n) is 5.37. The monoisotopic (exact) mass is 380 g/mol. The molecule has 0 amide bonds. The van der Waals surface area contributed by atoms with E-state index in [1.807, 2.05) is 30.3 Å². The van der Waals surface area contributed by atoms with Gasteiger partial charge in [0, 0.05) is 17.7 Å². The molecule has 148 valence electrons. The Labute approximate surface area is 166 Å². The van der Waals surface area contributed by atoms with Crippen molar-refractivity contribution >= 4 is 11.7 Å². The molecule has 2 aromatic carbocycles. The van der Waals surface area contributed by atoms with E-state index in [2.05, 4.69) is 30.9 Å². The van der Waals surface area contributed by atoms with Crippen LogP contribution in [0.15, 0.2) is 47.5 Å². The fourth-order valence-electron chi connectivity index (χ4n) is 3.46. The normalized spacial score (nSPS) is 15.5. The molecule has 1 atom stereocenters. The van der Waals surface area contributed by atoms with Crippen LogP contribution in [0, 0.1) is 0 Å². The fraction of sp³-hybridized carbons (Fsp3) is 0.391. The molecule has 1 aliphatic rings. The van der Waals surface area contributed by atoms with Crippen LogP contribution in [0.2, 0.25) is 0 Å². The number of ether oxygens (including phenoxy) is 1. The lowest BCUT2D eigenvalue weighted by atomic mass is 9.93. The highest BCUT2D eigenvalue weighted by molar-refractivity contribution is 6.15. The van der Waals surface area contributed by atoms with Gasteiger partial charge in [-0.05, 0) is 43.3 Å². The first kappa shape index (κ1) is 20.1. The van der Waals surface area contributed by atoms with E-state index in [1.54, 1.807) is 6.92 Å². The largest absolute Gasteiger partial charge is 0.488 e. The Balaban J connectivity index is 2.05. The molecule has 0 aliphatic carbocycles. The first-order chi connectivity index (χ1) is 13.5. The second-order valence-corrected chi connectivity index (χ2v) is 7.02. The van der Waals surface area contributed by atoms with Gasteiger partial charge < -0.3 is 14.7 Å². The van der Waals surface area contributed by atoms with Crippen LogP contribution in [0.25, 0.3) is 0 Å². The number of carbonyl (C=O) groups is 1. The lowest BCUT2D eigenvalue weighted by Gasteiger charge is -2.17. The highest BCUT2D eigenvalue weighted by Gasteiger charge is 2.23. The van der Waals surface area contributed by atoms with Gasteiger partial charge in [0.2, 0.25) is 0 Å².